The first kappa shape index (κ1) is 8.74. The van der Waals surface area contributed by atoms with Gasteiger partial charge >= 0.3 is 0 Å². The number of nitrogens with zero attached hydrogens (tertiary/aromatic N) is 1. The molecule has 1 atom stereocenters. The molecule has 0 amide bonds. The molecule has 0 radical (unpaired) electrons. The van der Waals surface area contributed by atoms with Crippen LogP contribution < -0.4 is 0 Å². The minimum atomic E-state index is 0.0759. The zero-order valence-electron chi connectivity index (χ0n) is 5.01. The van der Waals surface area contributed by atoms with Gasteiger partial charge in [0, 0.05) is 0 Å². The van der Waals surface area contributed by atoms with Gasteiger partial charge in [0.15, 0.2) is 5.78 Å². The Bertz CT molecular complexity index is 182. The van der Waals surface area contributed by atoms with Crippen LogP contribution in [0.1, 0.15) is 0 Å². The zero-order chi connectivity index (χ0) is 7.56. The fourth-order valence-corrected chi connectivity index (χ4v) is 2.43. The minimum Gasteiger partial charge on any atom is -0.291 e. The molecule has 0 bridgehead atoms. The molecular weight excluding hydrogens is 282 g/mol. The number of hydrogen-bond acceptors (Lipinski definition) is 3. The first-order chi connectivity index (χ1) is 4.74. The Kier molecular flexibility index (Phi) is 3.39. The summed E-state index contributed by atoms with van der Waals surface area (Å²) in [5.74, 6) is 0.0759. The van der Waals surface area contributed by atoms with Crippen molar-refractivity contribution in [1.82, 2.24) is 0 Å². The highest BCUT2D eigenvalue weighted by Gasteiger charge is 2.20. The number of ketones is 1. The van der Waals surface area contributed by atoms with Crippen LogP contribution in [0.15, 0.2) is 4.99 Å². The van der Waals surface area contributed by atoms with Crippen molar-refractivity contribution in [1.29, 1.82) is 0 Å². The number of aliphatic imine (C=N–C) groups is 1. The molecule has 1 unspecified atom stereocenters. The standard InChI is InChI=1S/C5H5Br2NOS/c6-1-3(9)5-8-2-4(7)10-5/h4H,1-2H2. The zero-order valence-corrected chi connectivity index (χ0v) is 9.00. The second-order valence-electron chi connectivity index (χ2n) is 1.73. The van der Waals surface area contributed by atoms with Crippen LogP contribution in [0.5, 0.6) is 0 Å². The highest BCUT2D eigenvalue weighted by Crippen LogP contribution is 2.26. The van der Waals surface area contributed by atoms with Crippen molar-refractivity contribution in [2.24, 2.45) is 4.99 Å². The van der Waals surface area contributed by atoms with Gasteiger partial charge < -0.3 is 0 Å². The van der Waals surface area contributed by atoms with Crippen molar-refractivity contribution in [3.8, 4) is 0 Å². The van der Waals surface area contributed by atoms with E-state index in [0.717, 1.165) is 0 Å². The molecule has 0 spiro atoms. The first-order valence-electron chi connectivity index (χ1n) is 2.68. The van der Waals surface area contributed by atoms with Crippen LogP contribution in [0.25, 0.3) is 0 Å². The molecule has 0 saturated heterocycles. The maximum atomic E-state index is 10.9. The Morgan fingerprint density at radius 1 is 1.90 bits per heavy atom. The molecule has 5 heteroatoms. The van der Waals surface area contributed by atoms with E-state index in [0.29, 0.717) is 21.1 Å². The molecule has 0 aromatic carbocycles. The topological polar surface area (TPSA) is 29.4 Å². The fraction of sp³-hybridized carbons (Fsp3) is 0.600. The lowest BCUT2D eigenvalue weighted by Gasteiger charge is -1.94. The molecule has 0 aliphatic carbocycles. The Balaban J connectivity index is 2.51. The molecule has 0 aromatic rings. The average molecular weight is 287 g/mol. The predicted molar refractivity (Wildman–Crippen MR) is 51.4 cm³/mol. The van der Waals surface area contributed by atoms with Gasteiger partial charge in [0.25, 0.3) is 0 Å². The molecule has 2 nitrogen and oxygen atoms in total. The molecule has 0 fully saturated rings. The first-order valence-corrected chi connectivity index (χ1v) is 5.60. The van der Waals surface area contributed by atoms with E-state index in [1.54, 1.807) is 0 Å². The van der Waals surface area contributed by atoms with E-state index >= 15 is 0 Å². The van der Waals surface area contributed by atoms with E-state index in [9.17, 15) is 4.79 Å². The lowest BCUT2D eigenvalue weighted by atomic mass is 10.5. The summed E-state index contributed by atoms with van der Waals surface area (Å²) in [4.78, 5) is 15.0. The summed E-state index contributed by atoms with van der Waals surface area (Å²) in [5.41, 5.74) is 0. The molecule has 1 heterocycles. The molecule has 1 rings (SSSR count). The van der Waals surface area contributed by atoms with Crippen molar-refractivity contribution in [3.63, 3.8) is 0 Å². The maximum absolute atomic E-state index is 10.9. The van der Waals surface area contributed by atoms with Gasteiger partial charge in [-0.3, -0.25) is 9.79 Å². The third-order valence-corrected chi connectivity index (χ3v) is 3.32. The quantitative estimate of drug-likeness (QED) is 0.725. The smallest absolute Gasteiger partial charge is 0.197 e. The van der Waals surface area contributed by atoms with Crippen molar-refractivity contribution in [3.05, 3.63) is 0 Å². The second kappa shape index (κ2) is 3.88. The van der Waals surface area contributed by atoms with E-state index in [1.165, 1.54) is 11.8 Å². The summed E-state index contributed by atoms with van der Waals surface area (Å²) in [6.07, 6.45) is 0. The number of hydrogen-bond donors (Lipinski definition) is 0. The number of halogens is 2. The Hall–Kier alpha value is 0.650. The maximum Gasteiger partial charge on any atom is 0.197 e. The van der Waals surface area contributed by atoms with Crippen molar-refractivity contribution in [2.45, 2.75) is 4.16 Å². The summed E-state index contributed by atoms with van der Waals surface area (Å²) in [5, 5.41) is 1.01. The van der Waals surface area contributed by atoms with Gasteiger partial charge in [-0.15, -0.1) is 0 Å². The van der Waals surface area contributed by atoms with Crippen LogP contribution in [-0.2, 0) is 4.79 Å². The number of alkyl halides is 2. The highest BCUT2D eigenvalue weighted by molar-refractivity contribution is 9.11. The predicted octanol–water partition coefficient (Wildman–Crippen LogP) is 1.82. The summed E-state index contributed by atoms with van der Waals surface area (Å²) in [6.45, 7) is 0.707. The van der Waals surface area contributed by atoms with E-state index in [2.05, 4.69) is 36.9 Å². The van der Waals surface area contributed by atoms with Crippen molar-refractivity contribution < 1.29 is 4.79 Å². The number of carbonyl (C=O) groups excluding carboxylic acids is 1. The van der Waals surface area contributed by atoms with Gasteiger partial charge in [0.05, 0.1) is 16.0 Å². The van der Waals surface area contributed by atoms with Gasteiger partial charge in [0.1, 0.15) is 5.04 Å². The average Bonchev–Trinajstić information content (AvgIpc) is 2.34. The minimum absolute atomic E-state index is 0.0759. The van der Waals surface area contributed by atoms with Crippen LogP contribution in [0.2, 0.25) is 0 Å². The Morgan fingerprint density at radius 3 is 3.00 bits per heavy atom. The summed E-state index contributed by atoms with van der Waals surface area (Å²) in [7, 11) is 0. The van der Waals surface area contributed by atoms with E-state index in [4.69, 9.17) is 0 Å². The normalized spacial score (nSPS) is 24.6. The van der Waals surface area contributed by atoms with Gasteiger partial charge in [0.2, 0.25) is 0 Å². The molecule has 0 saturated carbocycles. The van der Waals surface area contributed by atoms with E-state index in [-0.39, 0.29) is 5.78 Å². The number of rotatable bonds is 2. The Labute approximate surface area is 80.1 Å². The summed E-state index contributed by atoms with van der Waals surface area (Å²) >= 11 is 7.93. The lowest BCUT2D eigenvalue weighted by Crippen LogP contribution is -2.09. The van der Waals surface area contributed by atoms with Crippen molar-refractivity contribution >= 4 is 54.4 Å². The molecule has 56 valence electrons. The van der Waals surface area contributed by atoms with Gasteiger partial charge in [-0.2, -0.15) is 0 Å². The molecule has 0 N–H and O–H groups in total. The molecule has 0 aromatic heterocycles. The molecule has 1 aliphatic rings. The lowest BCUT2D eigenvalue weighted by molar-refractivity contribution is -0.110. The summed E-state index contributed by atoms with van der Waals surface area (Å²) in [6, 6.07) is 0. The fourth-order valence-electron chi connectivity index (χ4n) is 0.561. The van der Waals surface area contributed by atoms with Crippen molar-refractivity contribution in [2.75, 3.05) is 11.9 Å². The van der Waals surface area contributed by atoms with E-state index < -0.39 is 0 Å². The third-order valence-electron chi connectivity index (χ3n) is 0.978. The molecule has 10 heavy (non-hydrogen) atoms. The van der Waals surface area contributed by atoms with Crippen LogP contribution in [0, 0.1) is 0 Å². The largest absolute Gasteiger partial charge is 0.291 e. The van der Waals surface area contributed by atoms with Crippen LogP contribution in [0.3, 0.4) is 0 Å². The third kappa shape index (κ3) is 2.07. The van der Waals surface area contributed by atoms with E-state index in [1.807, 2.05) is 0 Å². The van der Waals surface area contributed by atoms with Crippen LogP contribution >= 0.6 is 43.6 Å². The number of thioether (sulfide) groups is 1. The number of Topliss-reactive ketones (excluding diaryl/α,β-unsaturated/α-hetero) is 1. The van der Waals surface area contributed by atoms with Crippen LogP contribution in [0.4, 0.5) is 0 Å². The Morgan fingerprint density at radius 2 is 2.60 bits per heavy atom. The monoisotopic (exact) mass is 285 g/mol. The van der Waals surface area contributed by atoms with Gasteiger partial charge in [-0.05, 0) is 0 Å². The van der Waals surface area contributed by atoms with Gasteiger partial charge in [-0.25, -0.2) is 0 Å². The SMILES string of the molecule is O=C(CBr)C1=NCC(Br)S1. The second-order valence-corrected chi connectivity index (χ2v) is 5.19. The molecular formula is C5H5Br2NOS. The summed E-state index contributed by atoms with van der Waals surface area (Å²) < 4.78 is 0.297. The molecule has 1 aliphatic heterocycles. The highest BCUT2D eigenvalue weighted by atomic mass is 79.9. The number of carbonyl (C=O) groups is 1. The van der Waals surface area contributed by atoms with Gasteiger partial charge in [-0.1, -0.05) is 43.6 Å². The van der Waals surface area contributed by atoms with Crippen LogP contribution in [-0.4, -0.2) is 26.9 Å².